The number of hydrogen-bond donors (Lipinski definition) is 0. The zero-order valence-electron chi connectivity index (χ0n) is 8.58. The topological polar surface area (TPSA) is 38.9 Å². The lowest BCUT2D eigenvalue weighted by Gasteiger charge is -1.88. The van der Waals surface area contributed by atoms with Gasteiger partial charge in [-0.05, 0) is 25.0 Å². The fourth-order valence-electron chi connectivity index (χ4n) is 1.40. The van der Waals surface area contributed by atoms with Crippen molar-refractivity contribution in [2.75, 3.05) is 0 Å². The number of oxazole rings is 1. The van der Waals surface area contributed by atoms with E-state index in [1.165, 1.54) is 0 Å². The lowest BCUT2D eigenvalue weighted by molar-refractivity contribution is 0.510. The molecule has 0 bridgehead atoms. The van der Waals surface area contributed by atoms with E-state index in [4.69, 9.17) is 4.42 Å². The molecule has 14 heavy (non-hydrogen) atoms. The van der Waals surface area contributed by atoms with E-state index in [1.807, 2.05) is 13.0 Å². The molecular weight excluding hydrogens is 176 g/mol. The Labute approximate surface area is 83.2 Å². The summed E-state index contributed by atoms with van der Waals surface area (Å²) < 4.78 is 5.50. The second kappa shape index (κ2) is 3.78. The van der Waals surface area contributed by atoms with Crippen LogP contribution in [0, 0.1) is 6.92 Å². The van der Waals surface area contributed by atoms with Crippen molar-refractivity contribution in [3.05, 3.63) is 23.7 Å². The van der Waals surface area contributed by atoms with Crippen LogP contribution in [0.1, 0.15) is 31.2 Å². The normalized spacial score (nSPS) is 11.0. The first-order valence-corrected chi connectivity index (χ1v) is 5.01. The molecule has 2 aromatic heterocycles. The van der Waals surface area contributed by atoms with E-state index in [2.05, 4.69) is 16.9 Å². The van der Waals surface area contributed by atoms with Gasteiger partial charge in [-0.2, -0.15) is 0 Å². The van der Waals surface area contributed by atoms with E-state index >= 15 is 0 Å². The smallest absolute Gasteiger partial charge is 0.246 e. The van der Waals surface area contributed by atoms with Crippen LogP contribution in [0.2, 0.25) is 0 Å². The Morgan fingerprint density at radius 1 is 1.43 bits per heavy atom. The molecular formula is C11H14N2O. The molecule has 0 aliphatic heterocycles. The highest BCUT2D eigenvalue weighted by atomic mass is 16.4. The summed E-state index contributed by atoms with van der Waals surface area (Å²) in [5.74, 6) is 0.806. The first-order chi connectivity index (χ1) is 6.79. The molecule has 0 radical (unpaired) electrons. The Morgan fingerprint density at radius 2 is 2.29 bits per heavy atom. The molecule has 3 heteroatoms. The van der Waals surface area contributed by atoms with Gasteiger partial charge in [-0.3, -0.25) is 0 Å². The maximum Gasteiger partial charge on any atom is 0.246 e. The van der Waals surface area contributed by atoms with Crippen molar-refractivity contribution in [3.8, 4) is 0 Å². The molecule has 2 aromatic rings. The number of hydrogen-bond acceptors (Lipinski definition) is 3. The highest BCUT2D eigenvalue weighted by molar-refractivity contribution is 5.68. The van der Waals surface area contributed by atoms with Gasteiger partial charge in [-0.15, -0.1) is 0 Å². The third-order valence-corrected chi connectivity index (χ3v) is 2.17. The number of aryl methyl sites for hydroxylation is 2. The van der Waals surface area contributed by atoms with Gasteiger partial charge in [-0.1, -0.05) is 13.3 Å². The summed E-state index contributed by atoms with van der Waals surface area (Å²) in [6.45, 7) is 4.16. The molecule has 2 rings (SSSR count). The van der Waals surface area contributed by atoms with Gasteiger partial charge >= 0.3 is 0 Å². The summed E-state index contributed by atoms with van der Waals surface area (Å²) in [4.78, 5) is 8.56. The van der Waals surface area contributed by atoms with Gasteiger partial charge in [0, 0.05) is 12.6 Å². The van der Waals surface area contributed by atoms with Gasteiger partial charge in [0.1, 0.15) is 5.52 Å². The van der Waals surface area contributed by atoms with Gasteiger partial charge < -0.3 is 4.42 Å². The summed E-state index contributed by atoms with van der Waals surface area (Å²) in [5.41, 5.74) is 2.64. The van der Waals surface area contributed by atoms with Crippen LogP contribution in [-0.4, -0.2) is 9.97 Å². The van der Waals surface area contributed by atoms with Crippen LogP contribution in [0.25, 0.3) is 11.2 Å². The molecule has 0 amide bonds. The number of rotatable bonds is 3. The molecule has 2 heterocycles. The summed E-state index contributed by atoms with van der Waals surface area (Å²) in [6.07, 6.45) is 4.99. The van der Waals surface area contributed by atoms with Crippen molar-refractivity contribution in [1.82, 2.24) is 9.97 Å². The third kappa shape index (κ3) is 1.76. The minimum Gasteiger partial charge on any atom is -0.422 e. The summed E-state index contributed by atoms with van der Waals surface area (Å²) in [6, 6.07) is 2.00. The Hall–Kier alpha value is -1.38. The van der Waals surface area contributed by atoms with Crippen molar-refractivity contribution in [3.63, 3.8) is 0 Å². The maximum absolute atomic E-state index is 5.50. The van der Waals surface area contributed by atoms with Crippen molar-refractivity contribution in [2.45, 2.75) is 33.1 Å². The predicted octanol–water partition coefficient (Wildman–Crippen LogP) is 2.87. The van der Waals surface area contributed by atoms with Crippen molar-refractivity contribution >= 4 is 11.2 Å². The SMILES string of the molecule is CCCCc1nc2cc(C)cnc2o1. The van der Waals surface area contributed by atoms with E-state index in [0.29, 0.717) is 5.71 Å². The Morgan fingerprint density at radius 3 is 3.07 bits per heavy atom. The minimum absolute atomic E-state index is 0.654. The van der Waals surface area contributed by atoms with Crippen molar-refractivity contribution < 1.29 is 4.42 Å². The molecule has 0 aromatic carbocycles. The molecule has 0 spiro atoms. The highest BCUT2D eigenvalue weighted by Crippen LogP contribution is 2.15. The Kier molecular flexibility index (Phi) is 2.48. The van der Waals surface area contributed by atoms with Crippen LogP contribution in [0.3, 0.4) is 0 Å². The first kappa shape index (κ1) is 9.19. The van der Waals surface area contributed by atoms with E-state index in [-0.39, 0.29) is 0 Å². The molecule has 3 nitrogen and oxygen atoms in total. The van der Waals surface area contributed by atoms with E-state index in [0.717, 1.165) is 36.2 Å². The molecule has 0 saturated heterocycles. The zero-order valence-corrected chi connectivity index (χ0v) is 8.58. The summed E-state index contributed by atoms with van der Waals surface area (Å²) in [5, 5.41) is 0. The fraction of sp³-hybridized carbons (Fsp3) is 0.455. The second-order valence-electron chi connectivity index (χ2n) is 3.55. The molecule has 0 saturated carbocycles. The van der Waals surface area contributed by atoms with E-state index in [9.17, 15) is 0 Å². The molecule has 0 aliphatic carbocycles. The predicted molar refractivity (Wildman–Crippen MR) is 55.2 cm³/mol. The average molecular weight is 190 g/mol. The zero-order chi connectivity index (χ0) is 9.97. The van der Waals surface area contributed by atoms with Gasteiger partial charge in [0.15, 0.2) is 5.89 Å². The molecule has 0 N–H and O–H groups in total. The van der Waals surface area contributed by atoms with Crippen LogP contribution < -0.4 is 0 Å². The first-order valence-electron chi connectivity index (χ1n) is 5.01. The van der Waals surface area contributed by atoms with Gasteiger partial charge in [0.05, 0.1) is 0 Å². The average Bonchev–Trinajstić information content (AvgIpc) is 2.56. The van der Waals surface area contributed by atoms with Crippen molar-refractivity contribution in [2.24, 2.45) is 0 Å². The molecule has 0 unspecified atom stereocenters. The lowest BCUT2D eigenvalue weighted by atomic mass is 10.2. The van der Waals surface area contributed by atoms with Crippen LogP contribution in [0.4, 0.5) is 0 Å². The molecule has 74 valence electrons. The minimum atomic E-state index is 0.654. The van der Waals surface area contributed by atoms with Gasteiger partial charge in [0.2, 0.25) is 5.71 Å². The fourth-order valence-corrected chi connectivity index (χ4v) is 1.40. The van der Waals surface area contributed by atoms with Crippen LogP contribution in [0.15, 0.2) is 16.7 Å². The van der Waals surface area contributed by atoms with Crippen LogP contribution >= 0.6 is 0 Å². The summed E-state index contributed by atoms with van der Waals surface area (Å²) in [7, 11) is 0. The van der Waals surface area contributed by atoms with E-state index < -0.39 is 0 Å². The standard InChI is InChI=1S/C11H14N2O/c1-3-4-5-10-13-9-6-8(2)7-12-11(9)14-10/h6-7H,3-5H2,1-2H3. The molecule has 0 fully saturated rings. The number of pyridine rings is 1. The number of nitrogens with zero attached hydrogens (tertiary/aromatic N) is 2. The van der Waals surface area contributed by atoms with Crippen LogP contribution in [0.5, 0.6) is 0 Å². The quantitative estimate of drug-likeness (QED) is 0.747. The lowest BCUT2D eigenvalue weighted by Crippen LogP contribution is -1.82. The number of unbranched alkanes of at least 4 members (excludes halogenated alkanes) is 1. The monoisotopic (exact) mass is 190 g/mol. The number of aromatic nitrogens is 2. The van der Waals surface area contributed by atoms with Gasteiger partial charge in [-0.25, -0.2) is 9.97 Å². The maximum atomic E-state index is 5.50. The third-order valence-electron chi connectivity index (χ3n) is 2.17. The Balaban J connectivity index is 2.32. The molecule has 0 aliphatic rings. The second-order valence-corrected chi connectivity index (χ2v) is 3.55. The van der Waals surface area contributed by atoms with Crippen LogP contribution in [-0.2, 0) is 6.42 Å². The summed E-state index contributed by atoms with van der Waals surface area (Å²) >= 11 is 0. The number of fused-ring (bicyclic) bond motifs is 1. The largest absolute Gasteiger partial charge is 0.422 e. The van der Waals surface area contributed by atoms with Crippen molar-refractivity contribution in [1.29, 1.82) is 0 Å². The molecule has 0 atom stereocenters. The van der Waals surface area contributed by atoms with Gasteiger partial charge in [0.25, 0.3) is 0 Å². The Bertz CT molecular complexity index is 434. The highest BCUT2D eigenvalue weighted by Gasteiger charge is 2.05. The van der Waals surface area contributed by atoms with E-state index in [1.54, 1.807) is 6.20 Å².